The van der Waals surface area contributed by atoms with E-state index in [9.17, 15) is 4.79 Å². The van der Waals surface area contributed by atoms with Gasteiger partial charge in [-0.3, -0.25) is 9.69 Å². The maximum Gasteiger partial charge on any atom is 0.256 e. The smallest absolute Gasteiger partial charge is 0.256 e. The van der Waals surface area contributed by atoms with Crippen LogP contribution in [0.2, 0.25) is 0 Å². The number of anilines is 1. The molecule has 25 heavy (non-hydrogen) atoms. The monoisotopic (exact) mass is 348 g/mol. The summed E-state index contributed by atoms with van der Waals surface area (Å²) in [6, 6.07) is 7.51. The first kappa shape index (κ1) is 19.7. The van der Waals surface area contributed by atoms with E-state index in [-0.39, 0.29) is 5.91 Å². The van der Waals surface area contributed by atoms with Gasteiger partial charge in [0.05, 0.1) is 0 Å². The fraction of sp³-hybridized carbons (Fsp3) is 0.650. The Morgan fingerprint density at radius 2 is 1.76 bits per heavy atom. The van der Waals surface area contributed by atoms with Gasteiger partial charge in [-0.15, -0.1) is 0 Å². The lowest BCUT2D eigenvalue weighted by atomic mass is 10.1. The van der Waals surface area contributed by atoms with Crippen molar-refractivity contribution in [3.63, 3.8) is 0 Å². The third-order valence-corrected chi connectivity index (χ3v) is 4.54. The Morgan fingerprint density at radius 1 is 1.12 bits per heavy atom. The lowest BCUT2D eigenvalue weighted by Gasteiger charge is -2.23. The summed E-state index contributed by atoms with van der Waals surface area (Å²) in [5.74, 6) is 0.682. The molecule has 5 nitrogen and oxygen atoms in total. The highest BCUT2D eigenvalue weighted by Gasteiger charge is 2.27. The summed E-state index contributed by atoms with van der Waals surface area (Å²) < 4.78 is 11.3. The predicted octanol–water partition coefficient (Wildman–Crippen LogP) is 3.70. The number of hydrogen-bond acceptors (Lipinski definition) is 4. The van der Waals surface area contributed by atoms with E-state index < -0.39 is 5.60 Å². The standard InChI is InChI=1S/C20H32N2O3/c1-4-25-20(2,3)19(23)21-17-9-11-18(12-10-17)24-16-15-22-13-7-5-6-8-14-22/h9-12H,4-8,13-16H2,1-3H3,(H,21,23). The predicted molar refractivity (Wildman–Crippen MR) is 101 cm³/mol. The molecule has 1 amide bonds. The molecule has 0 atom stereocenters. The summed E-state index contributed by atoms with van der Waals surface area (Å²) in [5.41, 5.74) is -0.0884. The molecule has 5 heteroatoms. The van der Waals surface area contributed by atoms with Gasteiger partial charge in [0.15, 0.2) is 0 Å². The van der Waals surface area contributed by atoms with E-state index >= 15 is 0 Å². The number of carbonyl (C=O) groups is 1. The highest BCUT2D eigenvalue weighted by atomic mass is 16.5. The highest BCUT2D eigenvalue weighted by molar-refractivity contribution is 5.96. The first-order chi connectivity index (χ1) is 12.0. The van der Waals surface area contributed by atoms with E-state index in [2.05, 4.69) is 10.2 Å². The Hall–Kier alpha value is -1.59. The molecule has 1 aliphatic rings. The van der Waals surface area contributed by atoms with Crippen molar-refractivity contribution in [2.24, 2.45) is 0 Å². The number of carbonyl (C=O) groups excluding carboxylic acids is 1. The van der Waals surface area contributed by atoms with Gasteiger partial charge in [0, 0.05) is 18.8 Å². The van der Waals surface area contributed by atoms with Crippen molar-refractivity contribution in [2.75, 3.05) is 38.2 Å². The van der Waals surface area contributed by atoms with Crippen LogP contribution in [0.15, 0.2) is 24.3 Å². The average molecular weight is 348 g/mol. The normalized spacial score (nSPS) is 16.3. The molecule has 1 saturated heterocycles. The van der Waals surface area contributed by atoms with Crippen molar-refractivity contribution in [1.82, 2.24) is 4.90 Å². The Bertz CT molecular complexity index is 520. The van der Waals surface area contributed by atoms with Crippen LogP contribution in [0.4, 0.5) is 5.69 Å². The number of ether oxygens (including phenoxy) is 2. The zero-order valence-electron chi connectivity index (χ0n) is 15.8. The van der Waals surface area contributed by atoms with Gasteiger partial charge in [0.25, 0.3) is 5.91 Å². The topological polar surface area (TPSA) is 50.8 Å². The molecular formula is C20H32N2O3. The third kappa shape index (κ3) is 6.67. The molecule has 1 aliphatic heterocycles. The van der Waals surface area contributed by atoms with Gasteiger partial charge in [-0.05, 0) is 71.0 Å². The summed E-state index contributed by atoms with van der Waals surface area (Å²) >= 11 is 0. The number of amides is 1. The zero-order chi connectivity index (χ0) is 18.1. The zero-order valence-corrected chi connectivity index (χ0v) is 15.8. The van der Waals surface area contributed by atoms with Gasteiger partial charge in [0.2, 0.25) is 0 Å². The molecule has 1 aromatic rings. The molecule has 2 rings (SSSR count). The molecular weight excluding hydrogens is 316 g/mol. The summed E-state index contributed by atoms with van der Waals surface area (Å²) in [4.78, 5) is 14.7. The fourth-order valence-corrected chi connectivity index (χ4v) is 2.99. The molecule has 0 aliphatic carbocycles. The molecule has 1 N–H and O–H groups in total. The van der Waals surface area contributed by atoms with Crippen LogP contribution >= 0.6 is 0 Å². The largest absolute Gasteiger partial charge is 0.492 e. The number of rotatable bonds is 8. The van der Waals surface area contributed by atoms with Crippen molar-refractivity contribution in [3.05, 3.63) is 24.3 Å². The molecule has 0 aromatic heterocycles. The number of likely N-dealkylation sites (tertiary alicyclic amines) is 1. The minimum atomic E-state index is -0.836. The van der Waals surface area contributed by atoms with Crippen LogP contribution in [0.3, 0.4) is 0 Å². The number of hydrogen-bond donors (Lipinski definition) is 1. The maximum atomic E-state index is 12.2. The van der Waals surface area contributed by atoms with Gasteiger partial charge in [-0.1, -0.05) is 12.8 Å². The molecule has 0 radical (unpaired) electrons. The average Bonchev–Trinajstić information content (AvgIpc) is 2.85. The van der Waals surface area contributed by atoms with Gasteiger partial charge in [-0.25, -0.2) is 0 Å². The Labute approximate surface area is 151 Å². The molecule has 1 heterocycles. The van der Waals surface area contributed by atoms with Gasteiger partial charge < -0.3 is 14.8 Å². The van der Waals surface area contributed by atoms with E-state index in [1.807, 2.05) is 31.2 Å². The van der Waals surface area contributed by atoms with Crippen molar-refractivity contribution in [2.45, 2.75) is 52.1 Å². The lowest BCUT2D eigenvalue weighted by molar-refractivity contribution is -0.136. The van der Waals surface area contributed by atoms with E-state index in [4.69, 9.17) is 9.47 Å². The fourth-order valence-electron chi connectivity index (χ4n) is 2.99. The number of nitrogens with one attached hydrogen (secondary N) is 1. The van der Waals surface area contributed by atoms with Crippen LogP contribution in [0.5, 0.6) is 5.75 Å². The van der Waals surface area contributed by atoms with Gasteiger partial charge in [-0.2, -0.15) is 0 Å². The van der Waals surface area contributed by atoms with Crippen LogP contribution in [0.1, 0.15) is 46.5 Å². The van der Waals surface area contributed by atoms with Crippen molar-refractivity contribution in [1.29, 1.82) is 0 Å². The number of nitrogens with zero attached hydrogens (tertiary/aromatic N) is 1. The maximum absolute atomic E-state index is 12.2. The van der Waals surface area contributed by atoms with Crippen LogP contribution < -0.4 is 10.1 Å². The minimum Gasteiger partial charge on any atom is -0.492 e. The molecule has 0 spiro atoms. The minimum absolute atomic E-state index is 0.149. The first-order valence-corrected chi connectivity index (χ1v) is 9.42. The van der Waals surface area contributed by atoms with E-state index in [1.165, 1.54) is 38.8 Å². The van der Waals surface area contributed by atoms with E-state index in [1.54, 1.807) is 13.8 Å². The van der Waals surface area contributed by atoms with Gasteiger partial charge in [0.1, 0.15) is 18.0 Å². The Balaban J connectivity index is 1.76. The first-order valence-electron chi connectivity index (χ1n) is 9.42. The van der Waals surface area contributed by atoms with Crippen LogP contribution in [-0.2, 0) is 9.53 Å². The molecule has 0 unspecified atom stereocenters. The highest BCUT2D eigenvalue weighted by Crippen LogP contribution is 2.18. The molecule has 0 bridgehead atoms. The van der Waals surface area contributed by atoms with Crippen LogP contribution in [-0.4, -0.2) is 49.3 Å². The Kier molecular flexibility index (Phi) is 7.72. The quantitative estimate of drug-likeness (QED) is 0.778. The second-order valence-corrected chi connectivity index (χ2v) is 7.03. The van der Waals surface area contributed by atoms with Crippen molar-refractivity contribution < 1.29 is 14.3 Å². The lowest BCUT2D eigenvalue weighted by Crippen LogP contribution is -2.39. The van der Waals surface area contributed by atoms with E-state index in [0.717, 1.165) is 18.0 Å². The second kappa shape index (κ2) is 9.78. The second-order valence-electron chi connectivity index (χ2n) is 7.03. The summed E-state index contributed by atoms with van der Waals surface area (Å²) in [5, 5.41) is 2.88. The van der Waals surface area contributed by atoms with Crippen LogP contribution in [0, 0.1) is 0 Å². The summed E-state index contributed by atoms with van der Waals surface area (Å²) in [6.07, 6.45) is 5.30. The summed E-state index contributed by atoms with van der Waals surface area (Å²) in [7, 11) is 0. The third-order valence-electron chi connectivity index (χ3n) is 4.54. The van der Waals surface area contributed by atoms with Crippen LogP contribution in [0.25, 0.3) is 0 Å². The molecule has 1 aromatic carbocycles. The number of benzene rings is 1. The molecule has 1 fully saturated rings. The molecule has 140 valence electrons. The van der Waals surface area contributed by atoms with Crippen molar-refractivity contribution in [3.8, 4) is 5.75 Å². The van der Waals surface area contributed by atoms with E-state index in [0.29, 0.717) is 13.2 Å². The SMILES string of the molecule is CCOC(C)(C)C(=O)Nc1ccc(OCCN2CCCCCC2)cc1. The van der Waals surface area contributed by atoms with Gasteiger partial charge >= 0.3 is 0 Å². The molecule has 0 saturated carbocycles. The van der Waals surface area contributed by atoms with Crippen molar-refractivity contribution >= 4 is 11.6 Å². The summed E-state index contributed by atoms with van der Waals surface area (Å²) in [6.45, 7) is 9.97. The Morgan fingerprint density at radius 3 is 2.36 bits per heavy atom.